The summed E-state index contributed by atoms with van der Waals surface area (Å²) < 4.78 is 0. The van der Waals surface area contributed by atoms with E-state index in [4.69, 9.17) is 0 Å². The summed E-state index contributed by atoms with van der Waals surface area (Å²) in [6.45, 7) is 7.10. The summed E-state index contributed by atoms with van der Waals surface area (Å²) in [6.07, 6.45) is 1.07. The maximum atomic E-state index is 11.2. The molecule has 4 nitrogen and oxygen atoms in total. The number of aryl methyl sites for hydroxylation is 1. The molecule has 0 bridgehead atoms. The van der Waals surface area contributed by atoms with Gasteiger partial charge in [0.1, 0.15) is 0 Å². The van der Waals surface area contributed by atoms with E-state index in [2.05, 4.69) is 29.1 Å². The first-order chi connectivity index (χ1) is 7.58. The number of hydrogen-bond acceptors (Lipinski definition) is 4. The molecule has 1 rings (SSSR count). The van der Waals surface area contributed by atoms with Crippen molar-refractivity contribution in [3.05, 3.63) is 22.1 Å². The normalized spacial score (nSPS) is 11.0. The zero-order valence-corrected chi connectivity index (χ0v) is 10.9. The van der Waals surface area contributed by atoms with Crippen molar-refractivity contribution in [1.29, 1.82) is 0 Å². The first-order valence-corrected chi connectivity index (χ1v) is 6.50. The molecule has 16 heavy (non-hydrogen) atoms. The SMILES string of the molecule is Cc1cc(=O)[nH]c(SCCCNC(C)C)n1. The van der Waals surface area contributed by atoms with Gasteiger partial charge in [0.05, 0.1) is 0 Å². The number of aromatic amines is 1. The van der Waals surface area contributed by atoms with Crippen LogP contribution in [0.5, 0.6) is 0 Å². The van der Waals surface area contributed by atoms with Crippen molar-refractivity contribution < 1.29 is 0 Å². The van der Waals surface area contributed by atoms with Crippen LogP contribution in [0.3, 0.4) is 0 Å². The molecule has 0 saturated carbocycles. The molecule has 0 spiro atoms. The Morgan fingerprint density at radius 1 is 1.56 bits per heavy atom. The van der Waals surface area contributed by atoms with Crippen LogP contribution in [0, 0.1) is 6.92 Å². The highest BCUT2D eigenvalue weighted by molar-refractivity contribution is 7.99. The van der Waals surface area contributed by atoms with Gasteiger partial charge in [0.2, 0.25) is 0 Å². The van der Waals surface area contributed by atoms with Crippen LogP contribution < -0.4 is 10.9 Å². The number of nitrogens with one attached hydrogen (secondary N) is 2. The molecule has 0 aliphatic carbocycles. The second-order valence-electron chi connectivity index (χ2n) is 4.00. The van der Waals surface area contributed by atoms with Gasteiger partial charge in [-0.15, -0.1) is 0 Å². The van der Waals surface area contributed by atoms with Gasteiger partial charge in [-0.2, -0.15) is 0 Å². The summed E-state index contributed by atoms with van der Waals surface area (Å²) in [5.74, 6) is 0.964. The van der Waals surface area contributed by atoms with Gasteiger partial charge in [-0.25, -0.2) is 4.98 Å². The van der Waals surface area contributed by atoms with Crippen molar-refractivity contribution in [2.24, 2.45) is 0 Å². The van der Waals surface area contributed by atoms with Crippen molar-refractivity contribution in [2.75, 3.05) is 12.3 Å². The minimum atomic E-state index is -0.0738. The van der Waals surface area contributed by atoms with Crippen LogP contribution in [-0.2, 0) is 0 Å². The molecule has 1 heterocycles. The maximum Gasteiger partial charge on any atom is 0.251 e. The highest BCUT2D eigenvalue weighted by atomic mass is 32.2. The molecule has 90 valence electrons. The fraction of sp³-hybridized carbons (Fsp3) is 0.636. The van der Waals surface area contributed by atoms with Gasteiger partial charge < -0.3 is 10.3 Å². The van der Waals surface area contributed by atoms with Gasteiger partial charge >= 0.3 is 0 Å². The largest absolute Gasteiger partial charge is 0.315 e. The Morgan fingerprint density at radius 2 is 2.31 bits per heavy atom. The number of aromatic nitrogens is 2. The minimum Gasteiger partial charge on any atom is -0.315 e. The molecule has 0 unspecified atom stereocenters. The van der Waals surface area contributed by atoms with Crippen LogP contribution in [0.1, 0.15) is 26.0 Å². The Labute approximate surface area is 100 Å². The summed E-state index contributed by atoms with van der Waals surface area (Å²) >= 11 is 1.59. The number of nitrogens with zero attached hydrogens (tertiary/aromatic N) is 1. The van der Waals surface area contributed by atoms with Gasteiger partial charge in [-0.1, -0.05) is 25.6 Å². The molecule has 0 amide bonds. The quantitative estimate of drug-likeness (QED) is 0.451. The van der Waals surface area contributed by atoms with Crippen molar-refractivity contribution in [3.8, 4) is 0 Å². The van der Waals surface area contributed by atoms with E-state index in [1.165, 1.54) is 6.07 Å². The van der Waals surface area contributed by atoms with Gasteiger partial charge in [0, 0.05) is 23.6 Å². The van der Waals surface area contributed by atoms with Crippen molar-refractivity contribution in [2.45, 2.75) is 38.4 Å². The third-order valence-corrected chi connectivity index (χ3v) is 2.92. The molecular weight excluding hydrogens is 222 g/mol. The van der Waals surface area contributed by atoms with Crippen LogP contribution in [0.2, 0.25) is 0 Å². The molecule has 1 aromatic rings. The second-order valence-corrected chi connectivity index (χ2v) is 5.09. The van der Waals surface area contributed by atoms with E-state index in [1.54, 1.807) is 11.8 Å². The molecule has 1 aromatic heterocycles. The molecule has 0 atom stereocenters. The van der Waals surface area contributed by atoms with Crippen LogP contribution in [0.15, 0.2) is 16.0 Å². The summed E-state index contributed by atoms with van der Waals surface area (Å²) in [4.78, 5) is 18.1. The lowest BCUT2D eigenvalue weighted by Crippen LogP contribution is -2.23. The summed E-state index contributed by atoms with van der Waals surface area (Å²) in [5, 5.41) is 4.07. The number of rotatable bonds is 6. The Kier molecular flexibility index (Phi) is 5.55. The van der Waals surface area contributed by atoms with E-state index in [-0.39, 0.29) is 5.56 Å². The third kappa shape index (κ3) is 5.32. The topological polar surface area (TPSA) is 57.8 Å². The maximum absolute atomic E-state index is 11.2. The third-order valence-electron chi connectivity index (χ3n) is 1.96. The Balaban J connectivity index is 2.29. The van der Waals surface area contributed by atoms with E-state index in [1.807, 2.05) is 6.92 Å². The Hall–Kier alpha value is -0.810. The fourth-order valence-corrected chi connectivity index (χ4v) is 2.12. The highest BCUT2D eigenvalue weighted by Gasteiger charge is 1.99. The molecule has 0 aromatic carbocycles. The van der Waals surface area contributed by atoms with Crippen LogP contribution in [-0.4, -0.2) is 28.3 Å². The van der Waals surface area contributed by atoms with E-state index in [0.29, 0.717) is 6.04 Å². The van der Waals surface area contributed by atoms with E-state index < -0.39 is 0 Å². The van der Waals surface area contributed by atoms with Crippen LogP contribution >= 0.6 is 11.8 Å². The smallest absolute Gasteiger partial charge is 0.251 e. The molecule has 0 saturated heterocycles. The second kappa shape index (κ2) is 6.70. The predicted octanol–water partition coefficient (Wildman–Crippen LogP) is 1.56. The first-order valence-electron chi connectivity index (χ1n) is 5.52. The lowest BCUT2D eigenvalue weighted by molar-refractivity contribution is 0.585. The van der Waals surface area contributed by atoms with Gasteiger partial charge in [0.15, 0.2) is 5.16 Å². The van der Waals surface area contributed by atoms with Crippen LogP contribution in [0.25, 0.3) is 0 Å². The Bertz CT molecular complexity index is 376. The van der Waals surface area contributed by atoms with Crippen molar-refractivity contribution in [3.63, 3.8) is 0 Å². The monoisotopic (exact) mass is 241 g/mol. The fourth-order valence-electron chi connectivity index (χ4n) is 1.25. The minimum absolute atomic E-state index is 0.0738. The summed E-state index contributed by atoms with van der Waals surface area (Å²) in [7, 11) is 0. The molecular formula is C11H19N3OS. The molecule has 0 radical (unpaired) electrons. The lowest BCUT2D eigenvalue weighted by Gasteiger charge is -2.07. The number of hydrogen-bond donors (Lipinski definition) is 2. The van der Waals surface area contributed by atoms with E-state index in [0.717, 1.165) is 29.6 Å². The summed E-state index contributed by atoms with van der Waals surface area (Å²) in [6, 6.07) is 2.03. The van der Waals surface area contributed by atoms with Crippen molar-refractivity contribution in [1.82, 2.24) is 15.3 Å². The first kappa shape index (κ1) is 13.3. The molecule has 0 fully saturated rings. The zero-order valence-electron chi connectivity index (χ0n) is 10.0. The van der Waals surface area contributed by atoms with E-state index in [9.17, 15) is 4.79 Å². The van der Waals surface area contributed by atoms with Crippen molar-refractivity contribution >= 4 is 11.8 Å². The van der Waals surface area contributed by atoms with Gasteiger partial charge in [-0.3, -0.25) is 4.79 Å². The Morgan fingerprint density at radius 3 is 2.94 bits per heavy atom. The molecule has 5 heteroatoms. The molecule has 0 aliphatic heterocycles. The van der Waals surface area contributed by atoms with Crippen LogP contribution in [0.4, 0.5) is 0 Å². The van der Waals surface area contributed by atoms with E-state index >= 15 is 0 Å². The average Bonchev–Trinajstić information content (AvgIpc) is 2.15. The standard InChI is InChI=1S/C11H19N3OS/c1-8(2)12-5-4-6-16-11-13-9(3)7-10(15)14-11/h7-8,12H,4-6H2,1-3H3,(H,13,14,15). The highest BCUT2D eigenvalue weighted by Crippen LogP contribution is 2.11. The molecule has 2 N–H and O–H groups in total. The number of thioether (sulfide) groups is 1. The zero-order chi connectivity index (χ0) is 12.0. The number of H-pyrrole nitrogens is 1. The molecule has 0 aliphatic rings. The summed E-state index contributed by atoms with van der Waals surface area (Å²) in [5.41, 5.74) is 0.696. The van der Waals surface area contributed by atoms with Gasteiger partial charge in [0.25, 0.3) is 5.56 Å². The predicted molar refractivity (Wildman–Crippen MR) is 68.1 cm³/mol. The lowest BCUT2D eigenvalue weighted by atomic mass is 10.4. The van der Waals surface area contributed by atoms with Gasteiger partial charge in [-0.05, 0) is 19.9 Å². The average molecular weight is 241 g/mol.